The minimum Gasteiger partial charge on any atom is -0.480 e. The number of amides is 1. The third-order valence-electron chi connectivity index (χ3n) is 1.62. The van der Waals surface area contributed by atoms with Gasteiger partial charge in [-0.2, -0.15) is 0 Å². The molecule has 0 radical (unpaired) electrons. The second-order valence-corrected chi connectivity index (χ2v) is 2.85. The molecule has 82 valence electrons. The maximum Gasteiger partial charge on any atom is 0.328 e. The van der Waals surface area contributed by atoms with Crippen LogP contribution in [0.2, 0.25) is 0 Å². The first-order valence-corrected chi connectivity index (χ1v) is 3.97. The zero-order chi connectivity index (χ0) is 11.3. The van der Waals surface area contributed by atoms with Crippen molar-refractivity contribution in [3.63, 3.8) is 0 Å². The van der Waals surface area contributed by atoms with E-state index in [4.69, 9.17) is 21.1 Å². The Labute approximate surface area is 80.5 Å². The van der Waals surface area contributed by atoms with Crippen molar-refractivity contribution in [2.75, 3.05) is 6.61 Å². The summed E-state index contributed by atoms with van der Waals surface area (Å²) in [5.74, 6) is -2.18. The van der Waals surface area contributed by atoms with Crippen molar-refractivity contribution in [2.45, 2.75) is 25.1 Å². The van der Waals surface area contributed by atoms with Gasteiger partial charge in [0, 0.05) is 0 Å². The molecule has 0 aromatic rings. The zero-order valence-corrected chi connectivity index (χ0v) is 7.67. The highest BCUT2D eigenvalue weighted by Gasteiger charge is 2.24. The van der Waals surface area contributed by atoms with E-state index in [9.17, 15) is 9.59 Å². The molecule has 7 heteroatoms. The molecule has 0 aliphatic heterocycles. The van der Waals surface area contributed by atoms with E-state index in [0.717, 1.165) is 0 Å². The molecule has 0 aromatic carbocycles. The van der Waals surface area contributed by atoms with Gasteiger partial charge in [-0.1, -0.05) is 0 Å². The van der Waals surface area contributed by atoms with Crippen LogP contribution in [0.3, 0.4) is 0 Å². The predicted octanol–water partition coefficient (Wildman–Crippen LogP) is -2.74. The van der Waals surface area contributed by atoms with Gasteiger partial charge in [-0.3, -0.25) is 4.79 Å². The van der Waals surface area contributed by atoms with Gasteiger partial charge in [0.25, 0.3) is 0 Å². The molecule has 0 saturated carbocycles. The summed E-state index contributed by atoms with van der Waals surface area (Å²) < 4.78 is 0. The van der Waals surface area contributed by atoms with Crippen LogP contribution >= 0.6 is 0 Å². The van der Waals surface area contributed by atoms with Gasteiger partial charge < -0.3 is 26.4 Å². The van der Waals surface area contributed by atoms with Crippen LogP contribution in [0.25, 0.3) is 0 Å². The molecule has 0 unspecified atom stereocenters. The molecule has 0 rings (SSSR count). The maximum atomic E-state index is 11.1. The SMILES string of the molecule is C[C@@H](O)[C@H](N)C(=O)N[C@H](CO)C(=O)O. The Morgan fingerprint density at radius 1 is 1.50 bits per heavy atom. The van der Waals surface area contributed by atoms with E-state index in [1.165, 1.54) is 6.92 Å². The van der Waals surface area contributed by atoms with Crippen molar-refractivity contribution in [3.8, 4) is 0 Å². The van der Waals surface area contributed by atoms with E-state index in [1.54, 1.807) is 0 Å². The number of aliphatic hydroxyl groups is 2. The van der Waals surface area contributed by atoms with Crippen molar-refractivity contribution in [2.24, 2.45) is 5.73 Å². The molecule has 0 spiro atoms. The second-order valence-electron chi connectivity index (χ2n) is 2.85. The Bertz CT molecular complexity index is 218. The van der Waals surface area contributed by atoms with Gasteiger partial charge in [0.05, 0.1) is 12.7 Å². The highest BCUT2D eigenvalue weighted by molar-refractivity contribution is 5.87. The third-order valence-corrected chi connectivity index (χ3v) is 1.62. The summed E-state index contributed by atoms with van der Waals surface area (Å²) in [4.78, 5) is 21.5. The molecule has 0 bridgehead atoms. The standard InChI is InChI=1S/C7H14N2O5/c1-3(11)5(8)6(12)9-4(2-10)7(13)14/h3-5,10-11H,2,8H2,1H3,(H,9,12)(H,13,14)/t3-,4-,5+/m1/s1. The van der Waals surface area contributed by atoms with Gasteiger partial charge in [-0.15, -0.1) is 0 Å². The Balaban J connectivity index is 4.22. The fourth-order valence-electron chi connectivity index (χ4n) is 0.672. The van der Waals surface area contributed by atoms with Crippen LogP contribution in [0.5, 0.6) is 0 Å². The topological polar surface area (TPSA) is 133 Å². The summed E-state index contributed by atoms with van der Waals surface area (Å²) >= 11 is 0. The first-order valence-electron chi connectivity index (χ1n) is 3.97. The van der Waals surface area contributed by atoms with Crippen LogP contribution in [0.4, 0.5) is 0 Å². The van der Waals surface area contributed by atoms with Crippen molar-refractivity contribution in [3.05, 3.63) is 0 Å². The number of carboxylic acid groups (broad SMARTS) is 1. The lowest BCUT2D eigenvalue weighted by Gasteiger charge is -2.17. The zero-order valence-electron chi connectivity index (χ0n) is 7.67. The van der Waals surface area contributed by atoms with Crippen LogP contribution in [0.15, 0.2) is 0 Å². The van der Waals surface area contributed by atoms with Crippen LogP contribution < -0.4 is 11.1 Å². The summed E-state index contributed by atoms with van der Waals surface area (Å²) in [7, 11) is 0. The normalized spacial score (nSPS) is 16.9. The van der Waals surface area contributed by atoms with Crippen LogP contribution in [0.1, 0.15) is 6.92 Å². The van der Waals surface area contributed by atoms with E-state index in [-0.39, 0.29) is 0 Å². The second kappa shape index (κ2) is 5.53. The molecule has 7 nitrogen and oxygen atoms in total. The summed E-state index contributed by atoms with van der Waals surface area (Å²) in [6.45, 7) is 0.576. The van der Waals surface area contributed by atoms with E-state index in [1.807, 2.05) is 5.32 Å². The Hall–Kier alpha value is -1.18. The maximum absolute atomic E-state index is 11.1. The third kappa shape index (κ3) is 3.69. The van der Waals surface area contributed by atoms with Crippen molar-refractivity contribution >= 4 is 11.9 Å². The Kier molecular flexibility index (Phi) is 5.06. The lowest BCUT2D eigenvalue weighted by molar-refractivity contribution is -0.143. The Morgan fingerprint density at radius 3 is 2.29 bits per heavy atom. The number of aliphatic hydroxyl groups excluding tert-OH is 2. The highest BCUT2D eigenvalue weighted by atomic mass is 16.4. The van der Waals surface area contributed by atoms with Crippen molar-refractivity contribution < 1.29 is 24.9 Å². The lowest BCUT2D eigenvalue weighted by Crippen LogP contribution is -2.53. The molecule has 0 aliphatic carbocycles. The van der Waals surface area contributed by atoms with Crippen LogP contribution in [-0.4, -0.2) is 52.0 Å². The number of rotatable bonds is 5. The molecule has 0 heterocycles. The summed E-state index contributed by atoms with van der Waals surface area (Å²) in [5, 5.41) is 27.9. The fourth-order valence-corrected chi connectivity index (χ4v) is 0.672. The van der Waals surface area contributed by atoms with Crippen LogP contribution in [-0.2, 0) is 9.59 Å². The number of aliphatic carboxylic acids is 1. The largest absolute Gasteiger partial charge is 0.480 e. The van der Waals surface area contributed by atoms with E-state index < -0.39 is 36.7 Å². The Morgan fingerprint density at radius 2 is 2.00 bits per heavy atom. The first-order chi connectivity index (χ1) is 6.40. The monoisotopic (exact) mass is 206 g/mol. The molecule has 1 amide bonds. The fraction of sp³-hybridized carbons (Fsp3) is 0.714. The van der Waals surface area contributed by atoms with Crippen molar-refractivity contribution in [1.82, 2.24) is 5.32 Å². The smallest absolute Gasteiger partial charge is 0.328 e. The molecular weight excluding hydrogens is 192 g/mol. The van der Waals surface area contributed by atoms with Gasteiger partial charge in [-0.05, 0) is 6.92 Å². The summed E-state index contributed by atoms with van der Waals surface area (Å²) in [6.07, 6.45) is -1.08. The van der Waals surface area contributed by atoms with Gasteiger partial charge in [-0.25, -0.2) is 4.79 Å². The molecule has 3 atom stereocenters. The molecule has 6 N–H and O–H groups in total. The van der Waals surface area contributed by atoms with Crippen molar-refractivity contribution in [1.29, 1.82) is 0 Å². The van der Waals surface area contributed by atoms with E-state index in [2.05, 4.69) is 0 Å². The number of hydrogen-bond donors (Lipinski definition) is 5. The van der Waals surface area contributed by atoms with E-state index in [0.29, 0.717) is 0 Å². The molecule has 0 aromatic heterocycles. The molecule has 14 heavy (non-hydrogen) atoms. The highest BCUT2D eigenvalue weighted by Crippen LogP contribution is 1.91. The number of hydrogen-bond acceptors (Lipinski definition) is 5. The number of nitrogens with two attached hydrogens (primary N) is 1. The molecule has 0 fully saturated rings. The summed E-state index contributed by atoms with van der Waals surface area (Å²) in [6, 6.07) is -2.60. The quantitative estimate of drug-likeness (QED) is 0.331. The number of nitrogens with one attached hydrogen (secondary N) is 1. The summed E-state index contributed by atoms with van der Waals surface area (Å²) in [5.41, 5.74) is 5.23. The lowest BCUT2D eigenvalue weighted by atomic mass is 10.1. The minimum atomic E-state index is -1.40. The number of carbonyl (C=O) groups is 2. The van der Waals surface area contributed by atoms with E-state index >= 15 is 0 Å². The molecule has 0 saturated heterocycles. The predicted molar refractivity (Wildman–Crippen MR) is 46.3 cm³/mol. The number of carbonyl (C=O) groups excluding carboxylic acids is 1. The average molecular weight is 206 g/mol. The minimum absolute atomic E-state index is 0.729. The van der Waals surface area contributed by atoms with Gasteiger partial charge >= 0.3 is 5.97 Å². The molecule has 0 aliphatic rings. The van der Waals surface area contributed by atoms with Crippen LogP contribution in [0, 0.1) is 0 Å². The van der Waals surface area contributed by atoms with Gasteiger partial charge in [0.1, 0.15) is 12.1 Å². The first kappa shape index (κ1) is 12.8. The van der Waals surface area contributed by atoms with Gasteiger partial charge in [0.2, 0.25) is 5.91 Å². The van der Waals surface area contributed by atoms with Gasteiger partial charge in [0.15, 0.2) is 0 Å². The average Bonchev–Trinajstić information content (AvgIpc) is 2.11. The molecular formula is C7H14N2O5. The number of carboxylic acids is 1.